The fraction of sp³-hybridized carbons (Fsp3) is 0.231. The molecule has 21 heavy (non-hydrogen) atoms. The molecule has 1 aromatic heterocycles. The number of hydrogen-bond donors (Lipinski definition) is 2. The van der Waals surface area contributed by atoms with E-state index in [1.54, 1.807) is 41.2 Å². The Bertz CT molecular complexity index is 736. The van der Waals surface area contributed by atoms with Crippen LogP contribution in [0.2, 0.25) is 0 Å². The van der Waals surface area contributed by atoms with Crippen LogP contribution in [-0.2, 0) is 29.4 Å². The number of imidazole rings is 1. The highest BCUT2D eigenvalue weighted by molar-refractivity contribution is 7.88. The molecular formula is C13H16N4O2S2. The Morgan fingerprint density at radius 3 is 2.57 bits per heavy atom. The average molecular weight is 324 g/mol. The molecule has 112 valence electrons. The maximum Gasteiger partial charge on any atom is 0.216 e. The molecule has 0 aliphatic rings. The van der Waals surface area contributed by atoms with E-state index < -0.39 is 10.0 Å². The molecule has 2 aromatic rings. The summed E-state index contributed by atoms with van der Waals surface area (Å²) in [6.07, 6.45) is 3.39. The molecule has 8 heteroatoms. The van der Waals surface area contributed by atoms with Crippen LogP contribution in [0.1, 0.15) is 17.0 Å². The number of nitrogens with one attached hydrogen (secondary N) is 1. The van der Waals surface area contributed by atoms with E-state index in [1.807, 2.05) is 7.05 Å². The zero-order chi connectivity index (χ0) is 15.5. The van der Waals surface area contributed by atoms with Crippen molar-refractivity contribution in [2.75, 3.05) is 0 Å². The molecule has 0 radical (unpaired) electrons. The minimum Gasteiger partial charge on any atom is -0.389 e. The average Bonchev–Trinajstić information content (AvgIpc) is 2.82. The van der Waals surface area contributed by atoms with Crippen LogP contribution in [0.15, 0.2) is 36.7 Å². The predicted octanol–water partition coefficient (Wildman–Crippen LogP) is 0.674. The van der Waals surface area contributed by atoms with Crippen molar-refractivity contribution in [3.63, 3.8) is 0 Å². The van der Waals surface area contributed by atoms with Gasteiger partial charge in [-0.05, 0) is 5.56 Å². The lowest BCUT2D eigenvalue weighted by Crippen LogP contribution is -2.26. The van der Waals surface area contributed by atoms with Gasteiger partial charge in [-0.2, -0.15) is 0 Å². The molecule has 1 aromatic carbocycles. The minimum absolute atomic E-state index is 0.102. The maximum absolute atomic E-state index is 12.0. The second-order valence-corrected chi connectivity index (χ2v) is 6.84. The second-order valence-electron chi connectivity index (χ2n) is 4.60. The largest absolute Gasteiger partial charge is 0.389 e. The molecule has 0 aliphatic heterocycles. The SMILES string of the molecule is Cn1ccnc1CNS(=O)(=O)Cc1ccc(C(N)=S)cc1. The zero-order valence-electron chi connectivity index (χ0n) is 11.5. The lowest BCUT2D eigenvalue weighted by atomic mass is 10.1. The van der Waals surface area contributed by atoms with E-state index in [9.17, 15) is 8.42 Å². The number of aromatic nitrogens is 2. The Kier molecular flexibility index (Phi) is 4.71. The summed E-state index contributed by atoms with van der Waals surface area (Å²) in [6.45, 7) is 0.163. The van der Waals surface area contributed by atoms with Crippen LogP contribution >= 0.6 is 12.2 Å². The van der Waals surface area contributed by atoms with Crippen LogP contribution in [-0.4, -0.2) is 23.0 Å². The van der Waals surface area contributed by atoms with E-state index in [2.05, 4.69) is 9.71 Å². The van der Waals surface area contributed by atoms with Gasteiger partial charge in [0.15, 0.2) is 0 Å². The van der Waals surface area contributed by atoms with Crippen molar-refractivity contribution in [1.29, 1.82) is 0 Å². The highest BCUT2D eigenvalue weighted by Crippen LogP contribution is 2.08. The third-order valence-corrected chi connectivity index (χ3v) is 4.50. The number of thiocarbonyl (C=S) groups is 1. The molecule has 0 unspecified atom stereocenters. The van der Waals surface area contributed by atoms with E-state index in [1.165, 1.54) is 0 Å². The Morgan fingerprint density at radius 1 is 1.38 bits per heavy atom. The number of benzene rings is 1. The van der Waals surface area contributed by atoms with Gasteiger partial charge in [0.05, 0.1) is 12.3 Å². The Morgan fingerprint density at radius 2 is 2.05 bits per heavy atom. The van der Waals surface area contributed by atoms with Crippen LogP contribution in [0.3, 0.4) is 0 Å². The first kappa shape index (κ1) is 15.6. The first-order valence-electron chi connectivity index (χ1n) is 6.20. The maximum atomic E-state index is 12.0. The minimum atomic E-state index is -3.43. The van der Waals surface area contributed by atoms with Gasteiger partial charge in [0.25, 0.3) is 0 Å². The summed E-state index contributed by atoms with van der Waals surface area (Å²) < 4.78 is 28.3. The van der Waals surface area contributed by atoms with Gasteiger partial charge in [-0.3, -0.25) is 0 Å². The van der Waals surface area contributed by atoms with Crippen molar-refractivity contribution >= 4 is 27.2 Å². The van der Waals surface area contributed by atoms with Crippen molar-refractivity contribution in [3.05, 3.63) is 53.6 Å². The summed E-state index contributed by atoms with van der Waals surface area (Å²) in [5.74, 6) is 0.553. The number of aryl methyl sites for hydroxylation is 1. The monoisotopic (exact) mass is 324 g/mol. The van der Waals surface area contributed by atoms with Gasteiger partial charge in [-0.1, -0.05) is 36.5 Å². The molecule has 2 rings (SSSR count). The normalized spacial score (nSPS) is 11.5. The Hall–Kier alpha value is -1.77. The summed E-state index contributed by atoms with van der Waals surface area (Å²) in [5, 5.41) is 0. The van der Waals surface area contributed by atoms with Gasteiger partial charge >= 0.3 is 0 Å². The molecular weight excluding hydrogens is 308 g/mol. The Labute approximate surface area is 129 Å². The smallest absolute Gasteiger partial charge is 0.216 e. The molecule has 0 bridgehead atoms. The summed E-state index contributed by atoms with van der Waals surface area (Å²) in [7, 11) is -1.62. The van der Waals surface area contributed by atoms with Crippen molar-refractivity contribution < 1.29 is 8.42 Å². The van der Waals surface area contributed by atoms with Crippen molar-refractivity contribution in [3.8, 4) is 0 Å². The fourth-order valence-corrected chi connectivity index (χ4v) is 3.00. The fourth-order valence-electron chi connectivity index (χ4n) is 1.78. The summed E-state index contributed by atoms with van der Waals surface area (Å²) in [5.41, 5.74) is 6.88. The highest BCUT2D eigenvalue weighted by atomic mass is 32.2. The van der Waals surface area contributed by atoms with Crippen LogP contribution in [0, 0.1) is 0 Å². The Balaban J connectivity index is 2.00. The van der Waals surface area contributed by atoms with Crippen molar-refractivity contribution in [2.45, 2.75) is 12.3 Å². The molecule has 0 amide bonds. The first-order valence-corrected chi connectivity index (χ1v) is 8.26. The first-order chi connectivity index (χ1) is 9.87. The predicted molar refractivity (Wildman–Crippen MR) is 85.0 cm³/mol. The van der Waals surface area contributed by atoms with Crippen molar-refractivity contribution in [1.82, 2.24) is 14.3 Å². The molecule has 6 nitrogen and oxygen atoms in total. The van der Waals surface area contributed by atoms with Gasteiger partial charge in [-0.15, -0.1) is 0 Å². The van der Waals surface area contributed by atoms with Crippen molar-refractivity contribution in [2.24, 2.45) is 12.8 Å². The van der Waals surface area contributed by atoms with Crippen LogP contribution in [0.25, 0.3) is 0 Å². The quantitative estimate of drug-likeness (QED) is 0.763. The number of nitrogens with zero attached hydrogens (tertiary/aromatic N) is 2. The highest BCUT2D eigenvalue weighted by Gasteiger charge is 2.12. The van der Waals surface area contributed by atoms with E-state index in [0.29, 0.717) is 17.0 Å². The standard InChI is InChI=1S/C13H16N4O2S2/c1-17-7-6-15-12(17)8-16-21(18,19)9-10-2-4-11(5-3-10)13(14)20/h2-7,16H,8-9H2,1H3,(H2,14,20). The summed E-state index contributed by atoms with van der Waals surface area (Å²) in [6, 6.07) is 6.83. The zero-order valence-corrected chi connectivity index (χ0v) is 13.1. The summed E-state index contributed by atoms with van der Waals surface area (Å²) >= 11 is 4.85. The molecule has 0 saturated carbocycles. The molecule has 0 spiro atoms. The molecule has 0 atom stereocenters. The molecule has 1 heterocycles. The number of rotatable bonds is 6. The van der Waals surface area contributed by atoms with Gasteiger partial charge in [-0.25, -0.2) is 18.1 Å². The second kappa shape index (κ2) is 6.33. The topological polar surface area (TPSA) is 90.0 Å². The lowest BCUT2D eigenvalue weighted by Gasteiger charge is -2.07. The van der Waals surface area contributed by atoms with Gasteiger partial charge in [0.1, 0.15) is 10.8 Å². The molecule has 3 N–H and O–H groups in total. The van der Waals surface area contributed by atoms with E-state index >= 15 is 0 Å². The van der Waals surface area contributed by atoms with E-state index in [-0.39, 0.29) is 17.3 Å². The van der Waals surface area contributed by atoms with Gasteiger partial charge in [0, 0.05) is 25.0 Å². The molecule has 0 saturated heterocycles. The number of hydrogen-bond acceptors (Lipinski definition) is 4. The lowest BCUT2D eigenvalue weighted by molar-refractivity contribution is 0.576. The van der Waals surface area contributed by atoms with E-state index in [4.69, 9.17) is 18.0 Å². The molecule has 0 fully saturated rings. The summed E-state index contributed by atoms with van der Waals surface area (Å²) in [4.78, 5) is 4.35. The molecule has 0 aliphatic carbocycles. The van der Waals surface area contributed by atoms with Crippen LogP contribution in [0.4, 0.5) is 0 Å². The van der Waals surface area contributed by atoms with Crippen LogP contribution in [0.5, 0.6) is 0 Å². The van der Waals surface area contributed by atoms with E-state index in [0.717, 1.165) is 0 Å². The third kappa shape index (κ3) is 4.35. The van der Waals surface area contributed by atoms with Crippen LogP contribution < -0.4 is 10.5 Å². The third-order valence-electron chi connectivity index (χ3n) is 2.97. The van der Waals surface area contributed by atoms with Gasteiger partial charge in [0.2, 0.25) is 10.0 Å². The number of sulfonamides is 1. The van der Waals surface area contributed by atoms with Gasteiger partial charge < -0.3 is 10.3 Å². The number of nitrogens with two attached hydrogens (primary N) is 1.